The highest BCUT2D eigenvalue weighted by Crippen LogP contribution is 2.43. The van der Waals surface area contributed by atoms with E-state index in [1.54, 1.807) is 7.11 Å². The first-order chi connectivity index (χ1) is 16.3. The topological polar surface area (TPSA) is 72.5 Å². The summed E-state index contributed by atoms with van der Waals surface area (Å²) in [6, 6.07) is 8.17. The first kappa shape index (κ1) is 24.8. The summed E-state index contributed by atoms with van der Waals surface area (Å²) in [4.78, 5) is 10.9. The Morgan fingerprint density at radius 3 is 1.88 bits per heavy atom. The van der Waals surface area contributed by atoms with Crippen molar-refractivity contribution >= 4 is 16.7 Å². The van der Waals surface area contributed by atoms with Crippen molar-refractivity contribution in [3.8, 4) is 11.5 Å². The number of hydrogen-bond acceptors (Lipinski definition) is 7. The molecule has 178 valence electrons. The number of rotatable bonds is 15. The quantitative estimate of drug-likeness (QED) is 0.175. The molecule has 0 saturated heterocycles. The Morgan fingerprint density at radius 2 is 1.33 bits per heavy atom. The molecule has 0 radical (unpaired) electrons. The zero-order valence-corrected chi connectivity index (χ0v) is 19.2. The number of allylic oxidation sites excluding steroid dienone is 2. The molecular weight excluding hydrogens is 424 g/mol. The fraction of sp³-hybridized carbons (Fsp3) is 0.423. The molecule has 2 aromatic rings. The molecule has 0 aromatic heterocycles. The number of carbonyl (C=O) groups excluding carboxylic acids is 1. The van der Waals surface area contributed by atoms with Crippen LogP contribution in [0.3, 0.4) is 0 Å². The van der Waals surface area contributed by atoms with E-state index in [1.807, 2.05) is 12.1 Å². The maximum atomic E-state index is 10.9. The van der Waals surface area contributed by atoms with Crippen LogP contribution in [0.2, 0.25) is 0 Å². The molecule has 0 N–H and O–H groups in total. The van der Waals surface area contributed by atoms with Crippen molar-refractivity contribution in [3.63, 3.8) is 0 Å². The average Bonchev–Trinajstić information content (AvgIpc) is 2.85. The van der Waals surface area contributed by atoms with Crippen LogP contribution in [-0.4, -0.2) is 65.9 Å². The molecule has 3 rings (SSSR count). The van der Waals surface area contributed by atoms with Crippen molar-refractivity contribution in [1.82, 2.24) is 0 Å². The fourth-order valence-electron chi connectivity index (χ4n) is 3.65. The maximum absolute atomic E-state index is 10.9. The second-order valence-corrected chi connectivity index (χ2v) is 7.33. The molecule has 0 unspecified atom stereocenters. The Balaban J connectivity index is 1.55. The molecule has 0 spiro atoms. The highest BCUT2D eigenvalue weighted by Gasteiger charge is 2.22. The summed E-state index contributed by atoms with van der Waals surface area (Å²) < 4.78 is 33.4. The minimum atomic E-state index is -0.452. The van der Waals surface area contributed by atoms with Crippen molar-refractivity contribution in [2.75, 3.05) is 60.0 Å². The van der Waals surface area contributed by atoms with Gasteiger partial charge in [0.05, 0.1) is 33.0 Å². The van der Waals surface area contributed by atoms with Gasteiger partial charge in [0.25, 0.3) is 0 Å². The van der Waals surface area contributed by atoms with Crippen LogP contribution >= 0.6 is 0 Å². The molecule has 7 nitrogen and oxygen atoms in total. The summed E-state index contributed by atoms with van der Waals surface area (Å²) >= 11 is 0. The summed E-state index contributed by atoms with van der Waals surface area (Å²) in [6.07, 6.45) is 7.09. The summed E-state index contributed by atoms with van der Waals surface area (Å²) in [5.41, 5.74) is 2.34. The monoisotopic (exact) mass is 456 g/mol. The third-order valence-electron chi connectivity index (χ3n) is 5.16. The number of hydrogen-bond donors (Lipinski definition) is 0. The zero-order valence-electron chi connectivity index (χ0n) is 19.2. The van der Waals surface area contributed by atoms with Crippen LogP contribution in [0, 0.1) is 0 Å². The van der Waals surface area contributed by atoms with Crippen LogP contribution in [0.4, 0.5) is 0 Å². The van der Waals surface area contributed by atoms with Crippen LogP contribution in [-0.2, 0) is 36.6 Å². The molecule has 0 aliphatic heterocycles. The predicted molar refractivity (Wildman–Crippen MR) is 126 cm³/mol. The minimum absolute atomic E-state index is 0.200. The van der Waals surface area contributed by atoms with E-state index in [1.165, 1.54) is 11.1 Å². The van der Waals surface area contributed by atoms with E-state index in [2.05, 4.69) is 30.9 Å². The second kappa shape index (κ2) is 13.6. The molecule has 33 heavy (non-hydrogen) atoms. The normalized spacial score (nSPS) is 12.4. The summed E-state index contributed by atoms with van der Waals surface area (Å²) in [5, 5.41) is 2.08. The van der Waals surface area contributed by atoms with Crippen LogP contribution in [0.1, 0.15) is 11.1 Å². The lowest BCUT2D eigenvalue weighted by molar-refractivity contribution is -0.139. The summed E-state index contributed by atoms with van der Waals surface area (Å²) in [7, 11) is 1.67. The molecule has 0 heterocycles. The number of ether oxygens (including phenoxy) is 6. The van der Waals surface area contributed by atoms with Gasteiger partial charge in [-0.2, -0.15) is 0 Å². The van der Waals surface area contributed by atoms with Gasteiger partial charge in [0, 0.05) is 35.1 Å². The van der Waals surface area contributed by atoms with Gasteiger partial charge in [0.1, 0.15) is 31.3 Å². The van der Waals surface area contributed by atoms with Gasteiger partial charge in [0.15, 0.2) is 0 Å². The lowest BCUT2D eigenvalue weighted by atomic mass is 9.90. The molecule has 2 aromatic carbocycles. The van der Waals surface area contributed by atoms with E-state index >= 15 is 0 Å². The van der Waals surface area contributed by atoms with Crippen LogP contribution in [0.5, 0.6) is 11.5 Å². The number of methoxy groups -OCH3 is 1. The summed E-state index contributed by atoms with van der Waals surface area (Å²) in [6.45, 7) is 6.64. The lowest BCUT2D eigenvalue weighted by Crippen LogP contribution is -2.15. The van der Waals surface area contributed by atoms with Gasteiger partial charge in [-0.3, -0.25) is 0 Å². The molecule has 0 atom stereocenters. The van der Waals surface area contributed by atoms with Crippen molar-refractivity contribution in [2.24, 2.45) is 0 Å². The molecular formula is C26H32O7. The van der Waals surface area contributed by atoms with Gasteiger partial charge in [-0.15, -0.1) is 0 Å². The Morgan fingerprint density at radius 1 is 0.818 bits per heavy atom. The van der Waals surface area contributed by atoms with Crippen LogP contribution in [0.15, 0.2) is 49.1 Å². The molecule has 1 aliphatic rings. The van der Waals surface area contributed by atoms with Gasteiger partial charge < -0.3 is 28.4 Å². The van der Waals surface area contributed by atoms with Crippen molar-refractivity contribution in [3.05, 3.63) is 60.2 Å². The van der Waals surface area contributed by atoms with Crippen LogP contribution in [0.25, 0.3) is 10.8 Å². The van der Waals surface area contributed by atoms with Gasteiger partial charge in [-0.05, 0) is 12.8 Å². The molecule has 1 aliphatic carbocycles. The molecule has 0 saturated carbocycles. The van der Waals surface area contributed by atoms with Gasteiger partial charge in [0.2, 0.25) is 0 Å². The third-order valence-corrected chi connectivity index (χ3v) is 5.16. The Hall–Kier alpha value is -2.87. The van der Waals surface area contributed by atoms with Crippen molar-refractivity contribution < 1.29 is 33.2 Å². The number of carbonyl (C=O) groups is 1. The minimum Gasteiger partial charge on any atom is -0.490 e. The van der Waals surface area contributed by atoms with Crippen molar-refractivity contribution in [1.29, 1.82) is 0 Å². The Bertz CT molecular complexity index is 951. The smallest absolute Gasteiger partial charge is 0.330 e. The molecule has 7 heteroatoms. The first-order valence-corrected chi connectivity index (χ1v) is 11.2. The lowest BCUT2D eigenvalue weighted by Gasteiger charge is -2.23. The van der Waals surface area contributed by atoms with E-state index in [0.717, 1.165) is 41.2 Å². The predicted octanol–water partition coefficient (Wildman–Crippen LogP) is 3.66. The highest BCUT2D eigenvalue weighted by molar-refractivity contribution is 5.96. The summed E-state index contributed by atoms with van der Waals surface area (Å²) in [5.74, 6) is 1.36. The van der Waals surface area contributed by atoms with Gasteiger partial charge >= 0.3 is 5.97 Å². The fourth-order valence-corrected chi connectivity index (χ4v) is 3.65. The zero-order chi connectivity index (χ0) is 23.3. The maximum Gasteiger partial charge on any atom is 0.330 e. The number of fused-ring (bicyclic) bond motifs is 2. The van der Waals surface area contributed by atoms with Crippen LogP contribution < -0.4 is 9.47 Å². The third kappa shape index (κ3) is 7.05. The molecule has 0 amide bonds. The SMILES string of the molecule is C=CC(=O)OCCOCCOCCOc1c2c(c(OCCOC)c3ccccc13)CC=CC2. The van der Waals surface area contributed by atoms with E-state index in [9.17, 15) is 4.79 Å². The van der Waals surface area contributed by atoms with Crippen molar-refractivity contribution in [2.45, 2.75) is 12.8 Å². The van der Waals surface area contributed by atoms with E-state index in [0.29, 0.717) is 46.2 Å². The van der Waals surface area contributed by atoms with Gasteiger partial charge in [-0.25, -0.2) is 4.79 Å². The largest absolute Gasteiger partial charge is 0.490 e. The van der Waals surface area contributed by atoms with E-state index < -0.39 is 5.97 Å². The van der Waals surface area contributed by atoms with E-state index in [4.69, 9.17) is 28.4 Å². The Kier molecular flexibility index (Phi) is 10.2. The first-order valence-electron chi connectivity index (χ1n) is 11.2. The second-order valence-electron chi connectivity index (χ2n) is 7.33. The average molecular weight is 457 g/mol. The standard InChI is InChI=1S/C26H32O7/c1-3-24(27)31-18-15-29-13-14-30-16-19-33-26-22-10-6-4-8-20(22)25(32-17-12-28-2)21-9-5-7-11-23(21)26/h3-8,10H,1,9,11-19H2,2H3. The molecule has 0 bridgehead atoms. The number of esters is 1. The van der Waals surface area contributed by atoms with E-state index in [-0.39, 0.29) is 6.61 Å². The number of benzene rings is 2. The highest BCUT2D eigenvalue weighted by atomic mass is 16.6. The Labute approximate surface area is 194 Å². The molecule has 0 fully saturated rings. The van der Waals surface area contributed by atoms with Gasteiger partial charge in [-0.1, -0.05) is 43.0 Å².